The summed E-state index contributed by atoms with van der Waals surface area (Å²) in [6.45, 7) is 2.53. The van der Waals surface area contributed by atoms with E-state index in [0.29, 0.717) is 13.2 Å². The molecule has 0 aliphatic carbocycles. The van der Waals surface area contributed by atoms with Gasteiger partial charge in [-0.15, -0.1) is 0 Å². The molecule has 122 valence electrons. The van der Waals surface area contributed by atoms with Gasteiger partial charge >= 0.3 is 0 Å². The highest BCUT2D eigenvalue weighted by Crippen LogP contribution is 2.29. The third kappa shape index (κ3) is 4.20. The Labute approximate surface area is 138 Å². The Balaban J connectivity index is 1.68. The van der Waals surface area contributed by atoms with Crippen LogP contribution in [0.15, 0.2) is 60.7 Å². The molecule has 0 aromatic heterocycles. The lowest BCUT2D eigenvalue weighted by Crippen LogP contribution is -2.38. The maximum Gasteiger partial charge on any atom is 0.0717 e. The molecule has 0 unspecified atom stereocenters. The third-order valence-corrected chi connectivity index (χ3v) is 4.61. The van der Waals surface area contributed by atoms with Crippen LogP contribution in [0.25, 0.3) is 0 Å². The molecule has 0 radical (unpaired) electrons. The van der Waals surface area contributed by atoms with Crippen molar-refractivity contribution >= 4 is 0 Å². The molecule has 1 N–H and O–H groups in total. The molecule has 1 aliphatic rings. The van der Waals surface area contributed by atoms with Crippen molar-refractivity contribution in [1.82, 2.24) is 4.90 Å². The Morgan fingerprint density at radius 1 is 1.04 bits per heavy atom. The lowest BCUT2D eigenvalue weighted by Gasteiger charge is -2.32. The summed E-state index contributed by atoms with van der Waals surface area (Å²) < 4.78 is 6.02. The largest absolute Gasteiger partial charge is 0.395 e. The fourth-order valence-electron chi connectivity index (χ4n) is 3.39. The first kappa shape index (κ1) is 16.2. The first-order chi connectivity index (χ1) is 11.4. The second kappa shape index (κ2) is 8.25. The van der Waals surface area contributed by atoms with Gasteiger partial charge in [0.25, 0.3) is 0 Å². The monoisotopic (exact) mass is 311 g/mol. The van der Waals surface area contributed by atoms with Crippen LogP contribution in [0.5, 0.6) is 0 Å². The molecule has 23 heavy (non-hydrogen) atoms. The van der Waals surface area contributed by atoms with E-state index in [0.717, 1.165) is 19.4 Å². The van der Waals surface area contributed by atoms with Crippen LogP contribution in [0, 0.1) is 0 Å². The molecular formula is C20H25NO2. The van der Waals surface area contributed by atoms with E-state index >= 15 is 0 Å². The van der Waals surface area contributed by atoms with Gasteiger partial charge in [0.15, 0.2) is 0 Å². The van der Waals surface area contributed by atoms with Gasteiger partial charge in [0.2, 0.25) is 0 Å². The van der Waals surface area contributed by atoms with Crippen molar-refractivity contribution < 1.29 is 9.84 Å². The molecular weight excluding hydrogens is 286 g/mol. The first-order valence-electron chi connectivity index (χ1n) is 8.41. The topological polar surface area (TPSA) is 32.7 Å². The minimum Gasteiger partial charge on any atom is -0.395 e. The Kier molecular flexibility index (Phi) is 5.81. The summed E-state index contributed by atoms with van der Waals surface area (Å²) in [7, 11) is 0. The molecule has 2 aromatic rings. The van der Waals surface area contributed by atoms with Crippen LogP contribution in [0.2, 0.25) is 0 Å². The molecule has 1 heterocycles. The van der Waals surface area contributed by atoms with E-state index < -0.39 is 0 Å². The summed E-state index contributed by atoms with van der Waals surface area (Å²) in [5, 5.41) is 9.65. The highest BCUT2D eigenvalue weighted by molar-refractivity contribution is 5.20. The van der Waals surface area contributed by atoms with Gasteiger partial charge < -0.3 is 9.84 Å². The van der Waals surface area contributed by atoms with Crippen molar-refractivity contribution in [2.75, 3.05) is 19.8 Å². The van der Waals surface area contributed by atoms with E-state index in [4.69, 9.17) is 4.74 Å². The molecule has 3 nitrogen and oxygen atoms in total. The van der Waals surface area contributed by atoms with Crippen molar-refractivity contribution in [1.29, 1.82) is 0 Å². The standard InChI is InChI=1S/C20H25NO2/c22-14-19-12-7-13-21(19)20(18-10-5-2-6-11-18)16-23-15-17-8-3-1-4-9-17/h1-6,8-11,19-20,22H,7,12-16H2/t19-,20-/m0/s1. The van der Waals surface area contributed by atoms with Gasteiger partial charge in [0.05, 0.1) is 25.9 Å². The van der Waals surface area contributed by atoms with E-state index in [-0.39, 0.29) is 18.7 Å². The van der Waals surface area contributed by atoms with Crippen molar-refractivity contribution in [3.8, 4) is 0 Å². The highest BCUT2D eigenvalue weighted by atomic mass is 16.5. The Morgan fingerprint density at radius 2 is 1.74 bits per heavy atom. The lowest BCUT2D eigenvalue weighted by atomic mass is 10.1. The number of ether oxygens (including phenoxy) is 1. The summed E-state index contributed by atoms with van der Waals surface area (Å²) in [4.78, 5) is 2.40. The number of benzene rings is 2. The second-order valence-corrected chi connectivity index (χ2v) is 6.14. The van der Waals surface area contributed by atoms with Gasteiger partial charge in [-0.05, 0) is 30.5 Å². The first-order valence-corrected chi connectivity index (χ1v) is 8.41. The number of hydrogen-bond donors (Lipinski definition) is 1. The molecule has 0 bridgehead atoms. The minimum atomic E-state index is 0.208. The predicted octanol–water partition coefficient (Wildman–Crippen LogP) is 3.40. The Hall–Kier alpha value is -1.68. The van der Waals surface area contributed by atoms with Crippen LogP contribution in [0.3, 0.4) is 0 Å². The summed E-state index contributed by atoms with van der Waals surface area (Å²) >= 11 is 0. The van der Waals surface area contributed by atoms with Crippen LogP contribution >= 0.6 is 0 Å². The van der Waals surface area contributed by atoms with E-state index in [1.807, 2.05) is 24.3 Å². The smallest absolute Gasteiger partial charge is 0.0717 e. The van der Waals surface area contributed by atoms with Gasteiger partial charge in [-0.3, -0.25) is 4.90 Å². The lowest BCUT2D eigenvalue weighted by molar-refractivity contribution is 0.0320. The van der Waals surface area contributed by atoms with Gasteiger partial charge in [-0.2, -0.15) is 0 Å². The minimum absolute atomic E-state index is 0.208. The number of hydrogen-bond acceptors (Lipinski definition) is 3. The number of rotatable bonds is 7. The van der Waals surface area contributed by atoms with Crippen LogP contribution in [0.1, 0.15) is 30.0 Å². The Bertz CT molecular complexity index is 573. The molecule has 0 amide bonds. The molecule has 1 fully saturated rings. The van der Waals surface area contributed by atoms with Crippen molar-refractivity contribution in [3.05, 3.63) is 71.8 Å². The number of likely N-dealkylation sites (tertiary alicyclic amines) is 1. The maximum atomic E-state index is 9.65. The van der Waals surface area contributed by atoms with E-state index in [9.17, 15) is 5.11 Å². The molecule has 2 aromatic carbocycles. The molecule has 1 saturated heterocycles. The maximum absolute atomic E-state index is 9.65. The van der Waals surface area contributed by atoms with Gasteiger partial charge in [-0.25, -0.2) is 0 Å². The summed E-state index contributed by atoms with van der Waals surface area (Å²) in [5.74, 6) is 0. The van der Waals surface area contributed by atoms with Crippen molar-refractivity contribution in [2.24, 2.45) is 0 Å². The van der Waals surface area contributed by atoms with E-state index in [1.165, 1.54) is 11.1 Å². The Morgan fingerprint density at radius 3 is 2.43 bits per heavy atom. The summed E-state index contributed by atoms with van der Waals surface area (Å²) in [6.07, 6.45) is 2.21. The molecule has 0 saturated carbocycles. The number of aliphatic hydroxyl groups excluding tert-OH is 1. The quantitative estimate of drug-likeness (QED) is 0.850. The average molecular weight is 311 g/mol. The number of aliphatic hydroxyl groups is 1. The second-order valence-electron chi connectivity index (χ2n) is 6.14. The molecule has 3 heteroatoms. The van der Waals surface area contributed by atoms with E-state index in [2.05, 4.69) is 41.3 Å². The molecule has 2 atom stereocenters. The molecule has 1 aliphatic heterocycles. The normalized spacial score (nSPS) is 19.8. The zero-order valence-electron chi connectivity index (χ0n) is 13.5. The molecule has 3 rings (SSSR count). The third-order valence-electron chi connectivity index (χ3n) is 4.61. The zero-order valence-corrected chi connectivity index (χ0v) is 13.5. The zero-order chi connectivity index (χ0) is 15.9. The van der Waals surface area contributed by atoms with Crippen LogP contribution in [0.4, 0.5) is 0 Å². The predicted molar refractivity (Wildman–Crippen MR) is 92.1 cm³/mol. The summed E-state index contributed by atoms with van der Waals surface area (Å²) in [6, 6.07) is 21.2. The number of nitrogens with zero attached hydrogens (tertiary/aromatic N) is 1. The molecule has 0 spiro atoms. The van der Waals surface area contributed by atoms with Crippen molar-refractivity contribution in [2.45, 2.75) is 31.5 Å². The fourth-order valence-corrected chi connectivity index (χ4v) is 3.39. The van der Waals surface area contributed by atoms with Crippen LogP contribution in [-0.4, -0.2) is 35.8 Å². The van der Waals surface area contributed by atoms with Gasteiger partial charge in [-0.1, -0.05) is 60.7 Å². The van der Waals surface area contributed by atoms with Gasteiger partial charge in [0, 0.05) is 6.04 Å². The SMILES string of the molecule is OC[C@@H]1CCCN1[C@@H](COCc1ccccc1)c1ccccc1. The van der Waals surface area contributed by atoms with Crippen LogP contribution in [-0.2, 0) is 11.3 Å². The fraction of sp³-hybridized carbons (Fsp3) is 0.400. The average Bonchev–Trinajstić information content (AvgIpc) is 3.09. The van der Waals surface area contributed by atoms with E-state index in [1.54, 1.807) is 0 Å². The van der Waals surface area contributed by atoms with Gasteiger partial charge in [0.1, 0.15) is 0 Å². The van der Waals surface area contributed by atoms with Crippen molar-refractivity contribution in [3.63, 3.8) is 0 Å². The van der Waals surface area contributed by atoms with Crippen LogP contribution < -0.4 is 0 Å². The highest BCUT2D eigenvalue weighted by Gasteiger charge is 2.31. The summed E-state index contributed by atoms with van der Waals surface area (Å²) in [5.41, 5.74) is 2.46.